The molecule has 3 heteroatoms. The average molecular weight is 230 g/mol. The number of allylic oxidation sites excluding steroid dienone is 1. The second-order valence-electron chi connectivity index (χ2n) is 4.89. The van der Waals surface area contributed by atoms with Crippen LogP contribution in [0.2, 0.25) is 0 Å². The maximum atomic E-state index is 5.23. The largest absolute Gasteiger partial charge is 0.495 e. The number of ether oxygens (including phenoxy) is 1. The molecule has 2 atom stereocenters. The van der Waals surface area contributed by atoms with E-state index < -0.39 is 0 Å². The van der Waals surface area contributed by atoms with Crippen LogP contribution < -0.4 is 10.1 Å². The molecule has 17 heavy (non-hydrogen) atoms. The number of piperidine rings is 1. The molecule has 1 aliphatic carbocycles. The fourth-order valence-corrected chi connectivity index (χ4v) is 2.89. The molecule has 0 amide bonds. The van der Waals surface area contributed by atoms with E-state index in [2.05, 4.69) is 22.4 Å². The zero-order valence-corrected chi connectivity index (χ0v) is 10.1. The molecule has 0 aromatic carbocycles. The molecule has 2 heterocycles. The van der Waals surface area contributed by atoms with Gasteiger partial charge in [-0.2, -0.15) is 0 Å². The van der Waals surface area contributed by atoms with Crippen molar-refractivity contribution in [2.75, 3.05) is 13.7 Å². The number of nitrogens with one attached hydrogen (secondary N) is 1. The van der Waals surface area contributed by atoms with E-state index in [1.54, 1.807) is 13.3 Å². The number of fused-ring (bicyclic) bond motifs is 1. The molecule has 1 saturated heterocycles. The maximum Gasteiger partial charge on any atom is 0.137 e. The van der Waals surface area contributed by atoms with E-state index in [1.165, 1.54) is 30.4 Å². The smallest absolute Gasteiger partial charge is 0.137 e. The van der Waals surface area contributed by atoms with Gasteiger partial charge >= 0.3 is 0 Å². The number of aromatic nitrogens is 1. The van der Waals surface area contributed by atoms with E-state index in [1.807, 2.05) is 6.20 Å². The second-order valence-corrected chi connectivity index (χ2v) is 4.89. The quantitative estimate of drug-likeness (QED) is 0.846. The van der Waals surface area contributed by atoms with Crippen LogP contribution in [0.3, 0.4) is 0 Å². The Kier molecular flexibility index (Phi) is 2.85. The van der Waals surface area contributed by atoms with Crippen molar-refractivity contribution in [2.24, 2.45) is 5.92 Å². The van der Waals surface area contributed by atoms with Crippen LogP contribution in [-0.2, 0) is 0 Å². The van der Waals surface area contributed by atoms with Gasteiger partial charge in [0, 0.05) is 12.2 Å². The summed E-state index contributed by atoms with van der Waals surface area (Å²) >= 11 is 0. The summed E-state index contributed by atoms with van der Waals surface area (Å²) < 4.78 is 5.23. The first-order chi connectivity index (χ1) is 8.36. The first-order valence-electron chi connectivity index (χ1n) is 6.30. The summed E-state index contributed by atoms with van der Waals surface area (Å²) in [6.45, 7) is 1.15. The van der Waals surface area contributed by atoms with Gasteiger partial charge in [0.1, 0.15) is 5.75 Å². The first-order valence-corrected chi connectivity index (χ1v) is 6.30. The molecule has 1 aromatic rings. The van der Waals surface area contributed by atoms with E-state index in [9.17, 15) is 0 Å². The lowest BCUT2D eigenvalue weighted by molar-refractivity contribution is 0.341. The predicted octanol–water partition coefficient (Wildman–Crippen LogP) is 2.25. The van der Waals surface area contributed by atoms with Crippen LogP contribution in [0.1, 0.15) is 24.8 Å². The molecule has 0 bridgehead atoms. The van der Waals surface area contributed by atoms with Gasteiger partial charge in [-0.05, 0) is 48.9 Å². The number of methoxy groups -OCH3 is 1. The van der Waals surface area contributed by atoms with Gasteiger partial charge in [-0.1, -0.05) is 6.08 Å². The molecular weight excluding hydrogens is 212 g/mol. The molecule has 1 fully saturated rings. The SMILES string of the molecule is COc1cncc(C2=C[C@H]3NCCC[C@H]3C2)c1. The van der Waals surface area contributed by atoms with Crippen LogP contribution in [0.4, 0.5) is 0 Å². The fourth-order valence-electron chi connectivity index (χ4n) is 2.89. The third kappa shape index (κ3) is 2.07. The molecule has 1 aromatic heterocycles. The minimum Gasteiger partial charge on any atom is -0.495 e. The highest BCUT2D eigenvalue weighted by Crippen LogP contribution is 2.37. The van der Waals surface area contributed by atoms with Gasteiger partial charge in [0.05, 0.1) is 13.3 Å². The van der Waals surface area contributed by atoms with E-state index in [-0.39, 0.29) is 0 Å². The van der Waals surface area contributed by atoms with Crippen molar-refractivity contribution >= 4 is 5.57 Å². The highest BCUT2D eigenvalue weighted by Gasteiger charge is 2.29. The summed E-state index contributed by atoms with van der Waals surface area (Å²) in [5.41, 5.74) is 2.63. The van der Waals surface area contributed by atoms with Crippen LogP contribution in [0.15, 0.2) is 24.5 Å². The van der Waals surface area contributed by atoms with E-state index in [0.717, 1.165) is 18.2 Å². The number of rotatable bonds is 2. The third-order valence-corrected chi connectivity index (χ3v) is 3.82. The van der Waals surface area contributed by atoms with Crippen molar-refractivity contribution in [3.05, 3.63) is 30.1 Å². The third-order valence-electron chi connectivity index (χ3n) is 3.82. The number of hydrogen-bond donors (Lipinski definition) is 1. The Labute approximate surface area is 102 Å². The molecule has 1 aliphatic heterocycles. The fraction of sp³-hybridized carbons (Fsp3) is 0.500. The Morgan fingerprint density at radius 2 is 2.35 bits per heavy atom. The lowest BCUT2D eigenvalue weighted by Crippen LogP contribution is -2.37. The van der Waals surface area contributed by atoms with Crippen LogP contribution in [0, 0.1) is 5.92 Å². The van der Waals surface area contributed by atoms with Crippen LogP contribution in [0.25, 0.3) is 5.57 Å². The number of hydrogen-bond acceptors (Lipinski definition) is 3. The molecular formula is C14H18N2O. The van der Waals surface area contributed by atoms with Gasteiger partial charge in [0.15, 0.2) is 0 Å². The van der Waals surface area contributed by atoms with Crippen molar-refractivity contribution < 1.29 is 4.74 Å². The van der Waals surface area contributed by atoms with Crippen molar-refractivity contribution in [2.45, 2.75) is 25.3 Å². The average Bonchev–Trinajstić information content (AvgIpc) is 2.82. The van der Waals surface area contributed by atoms with Gasteiger partial charge in [-0.25, -0.2) is 0 Å². The zero-order valence-electron chi connectivity index (χ0n) is 10.1. The van der Waals surface area contributed by atoms with Gasteiger partial charge in [0.25, 0.3) is 0 Å². The highest BCUT2D eigenvalue weighted by molar-refractivity contribution is 5.69. The van der Waals surface area contributed by atoms with Gasteiger partial charge in [-0.15, -0.1) is 0 Å². The molecule has 3 rings (SSSR count). The van der Waals surface area contributed by atoms with Crippen LogP contribution in [-0.4, -0.2) is 24.7 Å². The highest BCUT2D eigenvalue weighted by atomic mass is 16.5. The van der Waals surface area contributed by atoms with Crippen molar-refractivity contribution in [3.8, 4) is 5.75 Å². The standard InChI is InChI=1S/C14H18N2O/c1-17-13-6-12(8-15-9-13)11-5-10-3-2-4-16-14(10)7-11/h6-10,14,16H,2-5H2,1H3/t10-,14+/m0/s1. The second kappa shape index (κ2) is 4.49. The Hall–Kier alpha value is -1.35. The van der Waals surface area contributed by atoms with Crippen molar-refractivity contribution in [1.29, 1.82) is 0 Å². The van der Waals surface area contributed by atoms with Crippen LogP contribution in [0.5, 0.6) is 5.75 Å². The summed E-state index contributed by atoms with van der Waals surface area (Å²) in [4.78, 5) is 4.23. The molecule has 1 N–H and O–H groups in total. The monoisotopic (exact) mass is 230 g/mol. The molecule has 2 aliphatic rings. The molecule has 0 saturated carbocycles. The molecule has 3 nitrogen and oxygen atoms in total. The van der Waals surface area contributed by atoms with Gasteiger partial charge in [0.2, 0.25) is 0 Å². The Balaban J connectivity index is 1.84. The minimum atomic E-state index is 0.574. The topological polar surface area (TPSA) is 34.1 Å². The molecule has 0 radical (unpaired) electrons. The lowest BCUT2D eigenvalue weighted by Gasteiger charge is -2.25. The van der Waals surface area contributed by atoms with Crippen molar-refractivity contribution in [3.63, 3.8) is 0 Å². The van der Waals surface area contributed by atoms with E-state index >= 15 is 0 Å². The minimum absolute atomic E-state index is 0.574. The molecule has 0 unspecified atom stereocenters. The summed E-state index contributed by atoms with van der Waals surface area (Å²) in [5, 5.41) is 3.58. The predicted molar refractivity (Wildman–Crippen MR) is 67.9 cm³/mol. The molecule has 90 valence electrons. The maximum absolute atomic E-state index is 5.23. The van der Waals surface area contributed by atoms with E-state index in [4.69, 9.17) is 4.74 Å². The zero-order chi connectivity index (χ0) is 11.7. The number of pyridine rings is 1. The lowest BCUT2D eigenvalue weighted by atomic mass is 9.92. The Bertz CT molecular complexity index is 442. The first kappa shape index (κ1) is 10.8. The summed E-state index contributed by atoms with van der Waals surface area (Å²) in [7, 11) is 1.69. The summed E-state index contributed by atoms with van der Waals surface area (Å²) in [6, 6.07) is 2.65. The summed E-state index contributed by atoms with van der Waals surface area (Å²) in [5.74, 6) is 1.62. The van der Waals surface area contributed by atoms with Crippen molar-refractivity contribution in [1.82, 2.24) is 10.3 Å². The Morgan fingerprint density at radius 1 is 1.41 bits per heavy atom. The van der Waals surface area contributed by atoms with E-state index in [0.29, 0.717) is 6.04 Å². The van der Waals surface area contributed by atoms with Gasteiger partial charge < -0.3 is 10.1 Å². The Morgan fingerprint density at radius 3 is 3.18 bits per heavy atom. The number of nitrogens with zero attached hydrogens (tertiary/aromatic N) is 1. The normalized spacial score (nSPS) is 27.5. The van der Waals surface area contributed by atoms with Gasteiger partial charge in [-0.3, -0.25) is 4.98 Å². The van der Waals surface area contributed by atoms with Crippen LogP contribution >= 0.6 is 0 Å². The molecule has 0 spiro atoms. The summed E-state index contributed by atoms with van der Waals surface area (Å²) in [6.07, 6.45) is 9.89.